The van der Waals surface area contributed by atoms with Crippen LogP contribution in [-0.4, -0.2) is 54.0 Å². The second-order valence-electron chi connectivity index (χ2n) is 10.1. The van der Waals surface area contributed by atoms with Crippen LogP contribution in [-0.2, 0) is 9.59 Å². The Bertz CT molecular complexity index is 979. The van der Waals surface area contributed by atoms with Gasteiger partial charge in [0.15, 0.2) is 0 Å². The van der Waals surface area contributed by atoms with Gasteiger partial charge < -0.3 is 15.0 Å². The normalized spacial score (nSPS) is 19.7. The SMILES string of the molecule is O=C(CC1CCCCC1)N1CCC(Oc2ccc(N(C(=O)C3CNC3)c3cccnc3)cc2)CC1. The fourth-order valence-corrected chi connectivity index (χ4v) is 5.39. The number of hydrogen-bond acceptors (Lipinski definition) is 5. The number of piperidine rings is 1. The molecule has 1 N–H and O–H groups in total. The number of benzene rings is 1. The van der Waals surface area contributed by atoms with Crippen molar-refractivity contribution < 1.29 is 14.3 Å². The van der Waals surface area contributed by atoms with Crippen LogP contribution >= 0.6 is 0 Å². The van der Waals surface area contributed by atoms with Crippen molar-refractivity contribution in [2.24, 2.45) is 11.8 Å². The molecule has 1 saturated carbocycles. The fraction of sp³-hybridized carbons (Fsp3) is 0.536. The highest BCUT2D eigenvalue weighted by molar-refractivity contribution is 6.02. The van der Waals surface area contributed by atoms with E-state index in [-0.39, 0.29) is 17.9 Å². The fourth-order valence-electron chi connectivity index (χ4n) is 5.39. The first-order valence-electron chi connectivity index (χ1n) is 13.2. The smallest absolute Gasteiger partial charge is 0.237 e. The second kappa shape index (κ2) is 11.2. The number of rotatable bonds is 7. The maximum absolute atomic E-state index is 13.1. The average Bonchev–Trinajstić information content (AvgIpc) is 2.86. The van der Waals surface area contributed by atoms with Crippen molar-refractivity contribution in [2.75, 3.05) is 31.1 Å². The molecule has 2 aliphatic heterocycles. The molecule has 3 aliphatic rings. The van der Waals surface area contributed by atoms with Gasteiger partial charge in [-0.25, -0.2) is 0 Å². The third kappa shape index (κ3) is 5.84. The van der Waals surface area contributed by atoms with Crippen molar-refractivity contribution in [1.29, 1.82) is 0 Å². The van der Waals surface area contributed by atoms with Crippen molar-refractivity contribution in [1.82, 2.24) is 15.2 Å². The molecule has 0 radical (unpaired) electrons. The standard InChI is InChI=1S/C28H36N4O3/c33-27(17-21-5-2-1-3-6-21)31-15-12-26(13-16-31)35-25-10-8-23(9-11-25)32(24-7-4-14-29-20-24)28(34)22-18-30-19-22/h4,7-11,14,20-22,26,30H,1-3,5-6,12-13,15-19H2. The molecule has 7 nitrogen and oxygen atoms in total. The molecular formula is C28H36N4O3. The minimum Gasteiger partial charge on any atom is -0.490 e. The van der Waals surface area contributed by atoms with E-state index in [9.17, 15) is 9.59 Å². The van der Waals surface area contributed by atoms with E-state index in [0.29, 0.717) is 24.9 Å². The average molecular weight is 477 g/mol. The lowest BCUT2D eigenvalue weighted by atomic mass is 9.86. The zero-order valence-corrected chi connectivity index (χ0v) is 20.4. The summed E-state index contributed by atoms with van der Waals surface area (Å²) < 4.78 is 6.25. The van der Waals surface area contributed by atoms with E-state index >= 15 is 0 Å². The van der Waals surface area contributed by atoms with Crippen LogP contribution < -0.4 is 15.0 Å². The summed E-state index contributed by atoms with van der Waals surface area (Å²) in [6, 6.07) is 11.5. The van der Waals surface area contributed by atoms with Crippen LogP contribution in [0.25, 0.3) is 0 Å². The molecule has 1 aromatic heterocycles. The Balaban J connectivity index is 1.16. The van der Waals surface area contributed by atoms with E-state index in [1.54, 1.807) is 17.3 Å². The topological polar surface area (TPSA) is 74.8 Å². The van der Waals surface area contributed by atoms with Crippen molar-refractivity contribution in [2.45, 2.75) is 57.5 Å². The number of hydrogen-bond donors (Lipinski definition) is 1. The lowest BCUT2D eigenvalue weighted by Crippen LogP contribution is -2.51. The molecule has 0 unspecified atom stereocenters. The Morgan fingerprint density at radius 1 is 0.971 bits per heavy atom. The number of nitrogens with one attached hydrogen (secondary N) is 1. The number of amides is 2. The van der Waals surface area contributed by atoms with E-state index in [1.165, 1.54) is 32.1 Å². The molecule has 7 heteroatoms. The molecule has 186 valence electrons. The quantitative estimate of drug-likeness (QED) is 0.645. The Labute approximate surface area is 207 Å². The summed E-state index contributed by atoms with van der Waals surface area (Å²) in [4.78, 5) is 33.8. The van der Waals surface area contributed by atoms with Gasteiger partial charge >= 0.3 is 0 Å². The predicted octanol–water partition coefficient (Wildman–Crippen LogP) is 4.31. The zero-order valence-electron chi connectivity index (χ0n) is 20.4. The molecular weight excluding hydrogens is 440 g/mol. The summed E-state index contributed by atoms with van der Waals surface area (Å²) in [7, 11) is 0. The summed E-state index contributed by atoms with van der Waals surface area (Å²) in [5.41, 5.74) is 1.58. The summed E-state index contributed by atoms with van der Waals surface area (Å²) in [6.45, 7) is 2.96. The van der Waals surface area contributed by atoms with Crippen LogP contribution in [0.2, 0.25) is 0 Å². The first-order chi connectivity index (χ1) is 17.2. The van der Waals surface area contributed by atoms with Gasteiger partial charge in [0.25, 0.3) is 0 Å². The lowest BCUT2D eigenvalue weighted by Gasteiger charge is -2.34. The van der Waals surface area contributed by atoms with Gasteiger partial charge in [0.05, 0.1) is 17.8 Å². The van der Waals surface area contributed by atoms with Gasteiger partial charge in [0.2, 0.25) is 11.8 Å². The number of ether oxygens (including phenoxy) is 1. The molecule has 3 heterocycles. The largest absolute Gasteiger partial charge is 0.490 e. The molecule has 5 rings (SSSR count). The van der Waals surface area contributed by atoms with E-state index in [0.717, 1.165) is 49.5 Å². The van der Waals surface area contributed by atoms with Crippen molar-refractivity contribution >= 4 is 23.2 Å². The Hall–Kier alpha value is -2.93. The van der Waals surface area contributed by atoms with E-state index in [4.69, 9.17) is 4.74 Å². The summed E-state index contributed by atoms with van der Waals surface area (Å²) >= 11 is 0. The molecule has 1 aromatic carbocycles. The molecule has 0 bridgehead atoms. The minimum absolute atomic E-state index is 0.0165. The summed E-state index contributed by atoms with van der Waals surface area (Å²) in [5, 5.41) is 3.18. The maximum Gasteiger partial charge on any atom is 0.237 e. The first kappa shape index (κ1) is 23.8. The number of likely N-dealkylation sites (tertiary alicyclic amines) is 1. The van der Waals surface area contributed by atoms with E-state index in [1.807, 2.05) is 41.3 Å². The van der Waals surface area contributed by atoms with Crippen molar-refractivity contribution in [3.8, 4) is 5.75 Å². The predicted molar refractivity (Wildman–Crippen MR) is 136 cm³/mol. The number of anilines is 2. The van der Waals surface area contributed by atoms with Gasteiger partial charge in [-0.2, -0.15) is 0 Å². The van der Waals surface area contributed by atoms with Gasteiger partial charge in [-0.3, -0.25) is 19.5 Å². The van der Waals surface area contributed by atoms with Crippen LogP contribution in [0.15, 0.2) is 48.8 Å². The monoisotopic (exact) mass is 476 g/mol. The van der Waals surface area contributed by atoms with E-state index in [2.05, 4.69) is 10.3 Å². The Morgan fingerprint density at radius 3 is 2.34 bits per heavy atom. The van der Waals surface area contributed by atoms with E-state index < -0.39 is 0 Å². The molecule has 1 aliphatic carbocycles. The number of nitrogens with zero attached hydrogens (tertiary/aromatic N) is 3. The highest BCUT2D eigenvalue weighted by Crippen LogP contribution is 2.31. The Kier molecular flexibility index (Phi) is 7.62. The van der Waals surface area contributed by atoms with Crippen LogP contribution in [0, 0.1) is 11.8 Å². The van der Waals surface area contributed by atoms with Gasteiger partial charge in [-0.1, -0.05) is 19.3 Å². The van der Waals surface area contributed by atoms with Crippen LogP contribution in [0.3, 0.4) is 0 Å². The molecule has 35 heavy (non-hydrogen) atoms. The minimum atomic E-state index is -0.0165. The van der Waals surface area contributed by atoms with Crippen LogP contribution in [0.5, 0.6) is 5.75 Å². The number of carbonyl (C=O) groups excluding carboxylic acids is 2. The van der Waals surface area contributed by atoms with Gasteiger partial charge in [-0.05, 0) is 55.2 Å². The van der Waals surface area contributed by atoms with Gasteiger partial charge in [0, 0.05) is 57.3 Å². The molecule has 3 fully saturated rings. The van der Waals surface area contributed by atoms with Gasteiger partial charge in [0.1, 0.15) is 11.9 Å². The van der Waals surface area contributed by atoms with Crippen LogP contribution in [0.4, 0.5) is 11.4 Å². The summed E-state index contributed by atoms with van der Waals surface area (Å²) in [5.74, 6) is 1.77. The Morgan fingerprint density at radius 2 is 1.71 bits per heavy atom. The van der Waals surface area contributed by atoms with Crippen molar-refractivity contribution in [3.05, 3.63) is 48.8 Å². The lowest BCUT2D eigenvalue weighted by molar-refractivity contribution is -0.134. The third-order valence-corrected chi connectivity index (χ3v) is 7.64. The second-order valence-corrected chi connectivity index (χ2v) is 10.1. The molecule has 2 aromatic rings. The molecule has 2 amide bonds. The summed E-state index contributed by atoms with van der Waals surface area (Å²) in [6.07, 6.45) is 12.3. The van der Waals surface area contributed by atoms with Gasteiger partial charge in [-0.15, -0.1) is 0 Å². The number of carbonyl (C=O) groups is 2. The number of pyridine rings is 1. The highest BCUT2D eigenvalue weighted by Gasteiger charge is 2.31. The zero-order chi connectivity index (χ0) is 24.0. The van der Waals surface area contributed by atoms with Crippen LogP contribution in [0.1, 0.15) is 51.4 Å². The molecule has 0 atom stereocenters. The highest BCUT2D eigenvalue weighted by atomic mass is 16.5. The maximum atomic E-state index is 13.1. The third-order valence-electron chi connectivity index (χ3n) is 7.64. The molecule has 0 spiro atoms. The number of aromatic nitrogens is 1. The first-order valence-corrected chi connectivity index (χ1v) is 13.2. The molecule has 2 saturated heterocycles. The van der Waals surface area contributed by atoms with Crippen molar-refractivity contribution in [3.63, 3.8) is 0 Å².